The smallest absolute Gasteiger partial charge is 0.128 e. The van der Waals surface area contributed by atoms with Crippen molar-refractivity contribution in [1.82, 2.24) is 10.2 Å². The number of phenolic OH excluding ortho intramolecular Hbond substituents is 1. The Hall–Kier alpha value is -3.51. The lowest BCUT2D eigenvalue weighted by molar-refractivity contribution is 0.252. The van der Waals surface area contributed by atoms with Gasteiger partial charge in [0.05, 0.1) is 12.2 Å². The van der Waals surface area contributed by atoms with Crippen molar-refractivity contribution in [3.05, 3.63) is 72.4 Å². The number of nitrogens with two attached hydrogens (primary N) is 1. The van der Waals surface area contributed by atoms with Crippen LogP contribution in [0.25, 0.3) is 16.5 Å². The lowest BCUT2D eigenvalue weighted by atomic mass is 10.0. The van der Waals surface area contributed by atoms with Gasteiger partial charge in [0, 0.05) is 24.4 Å². The highest BCUT2D eigenvalue weighted by Crippen LogP contribution is 2.34. The van der Waals surface area contributed by atoms with Crippen LogP contribution in [0.1, 0.15) is 18.4 Å². The number of benzene rings is 3. The average molecular weight is 415 g/mol. The zero-order chi connectivity index (χ0) is 21.2. The van der Waals surface area contributed by atoms with Gasteiger partial charge in [-0.25, -0.2) is 4.99 Å². The Bertz CT molecular complexity index is 1170. The van der Waals surface area contributed by atoms with E-state index in [1.165, 1.54) is 0 Å². The topological polar surface area (TPSA) is 83.1 Å². The van der Waals surface area contributed by atoms with E-state index in [-0.39, 0.29) is 5.75 Å². The van der Waals surface area contributed by atoms with Gasteiger partial charge in [-0.1, -0.05) is 30.3 Å². The van der Waals surface area contributed by atoms with E-state index in [4.69, 9.17) is 10.5 Å². The number of aliphatic imine (C=N–C) groups is 1. The molecule has 0 radical (unpaired) electrons. The predicted molar refractivity (Wildman–Crippen MR) is 124 cm³/mol. The van der Waals surface area contributed by atoms with Gasteiger partial charge in [0.15, 0.2) is 0 Å². The number of nitrogens with one attached hydrogen (secondary N) is 1. The number of amidine groups is 1. The zero-order valence-corrected chi connectivity index (χ0v) is 17.3. The number of hydrogen-bond donors (Lipinski definition) is 3. The molecular weight excluding hydrogens is 388 g/mol. The lowest BCUT2D eigenvalue weighted by Gasteiger charge is -2.35. The van der Waals surface area contributed by atoms with Crippen LogP contribution in [0, 0.1) is 0 Å². The van der Waals surface area contributed by atoms with E-state index in [2.05, 4.69) is 27.3 Å². The van der Waals surface area contributed by atoms with Crippen molar-refractivity contribution < 1.29 is 9.84 Å². The van der Waals surface area contributed by atoms with Crippen LogP contribution in [0.2, 0.25) is 0 Å². The summed E-state index contributed by atoms with van der Waals surface area (Å²) in [5, 5.41) is 16.3. The minimum atomic E-state index is 0.150. The first-order chi connectivity index (χ1) is 15.2. The van der Waals surface area contributed by atoms with Gasteiger partial charge in [-0.05, 0) is 60.5 Å². The van der Waals surface area contributed by atoms with Gasteiger partial charge in [-0.15, -0.1) is 0 Å². The maximum absolute atomic E-state index is 10.5. The summed E-state index contributed by atoms with van der Waals surface area (Å²) in [6.07, 6.45) is 4.26. The van der Waals surface area contributed by atoms with Crippen molar-refractivity contribution in [2.75, 3.05) is 19.6 Å². The second kappa shape index (κ2) is 8.32. The highest BCUT2D eigenvalue weighted by molar-refractivity contribution is 5.91. The van der Waals surface area contributed by atoms with Gasteiger partial charge < -0.3 is 25.8 Å². The Labute approximate surface area is 181 Å². The Morgan fingerprint density at radius 3 is 2.68 bits per heavy atom. The Morgan fingerprint density at radius 2 is 1.84 bits per heavy atom. The van der Waals surface area contributed by atoms with Crippen molar-refractivity contribution in [3.8, 4) is 17.2 Å². The second-order valence-electron chi connectivity index (χ2n) is 8.08. The predicted octanol–water partition coefficient (Wildman–Crippen LogP) is 4.06. The fourth-order valence-electron chi connectivity index (χ4n) is 4.24. The molecule has 6 heteroatoms. The molecule has 0 amide bonds. The molecule has 158 valence electrons. The van der Waals surface area contributed by atoms with Gasteiger partial charge in [0.1, 0.15) is 23.1 Å². The normalized spacial score (nSPS) is 19.1. The third-order valence-electron chi connectivity index (χ3n) is 5.84. The second-order valence-corrected chi connectivity index (χ2v) is 8.08. The molecule has 1 atom stereocenters. The van der Waals surface area contributed by atoms with Gasteiger partial charge in [0.25, 0.3) is 0 Å². The fourth-order valence-corrected chi connectivity index (χ4v) is 4.24. The van der Waals surface area contributed by atoms with Gasteiger partial charge in [-0.3, -0.25) is 0 Å². The van der Waals surface area contributed by atoms with Crippen molar-refractivity contribution >= 4 is 22.3 Å². The molecule has 3 aromatic rings. The van der Waals surface area contributed by atoms with E-state index in [1.807, 2.05) is 42.6 Å². The van der Waals surface area contributed by atoms with Crippen LogP contribution in [0.15, 0.2) is 71.9 Å². The molecule has 2 heterocycles. The summed E-state index contributed by atoms with van der Waals surface area (Å²) in [7, 11) is 0. The van der Waals surface area contributed by atoms with E-state index in [9.17, 15) is 5.11 Å². The Morgan fingerprint density at radius 1 is 1.03 bits per heavy atom. The van der Waals surface area contributed by atoms with Crippen LogP contribution in [-0.2, 0) is 0 Å². The molecule has 1 fully saturated rings. The number of piperidine rings is 1. The third kappa shape index (κ3) is 4.20. The van der Waals surface area contributed by atoms with E-state index in [0.29, 0.717) is 35.4 Å². The standard InChI is InChI=1S/C25H26N4O2/c26-25-16-29(19-6-3-11-27-14-19)15-23(28-25)22-13-21(9-10-24(22)30)31-20-8-7-17-4-1-2-5-18(17)12-20/h1-2,4-5,7-10,12-13,15,19,27,30H,3,6,11,14,16H2,(H2,26,28). The summed E-state index contributed by atoms with van der Waals surface area (Å²) in [6, 6.07) is 19.7. The summed E-state index contributed by atoms with van der Waals surface area (Å²) in [5.74, 6) is 2.07. The number of aromatic hydroxyl groups is 1. The first-order valence-electron chi connectivity index (χ1n) is 10.7. The third-order valence-corrected chi connectivity index (χ3v) is 5.84. The summed E-state index contributed by atoms with van der Waals surface area (Å²) in [5.41, 5.74) is 7.41. The number of rotatable bonds is 4. The molecular formula is C25H26N4O2. The van der Waals surface area contributed by atoms with Crippen molar-refractivity contribution in [1.29, 1.82) is 0 Å². The largest absolute Gasteiger partial charge is 0.507 e. The number of ether oxygens (including phenoxy) is 1. The molecule has 5 rings (SSSR count). The molecule has 0 bridgehead atoms. The number of phenols is 1. The molecule has 31 heavy (non-hydrogen) atoms. The van der Waals surface area contributed by atoms with Crippen molar-refractivity contribution in [2.24, 2.45) is 10.7 Å². The van der Waals surface area contributed by atoms with E-state index < -0.39 is 0 Å². The zero-order valence-electron chi connectivity index (χ0n) is 17.3. The first-order valence-corrected chi connectivity index (χ1v) is 10.7. The number of nitrogens with zero attached hydrogens (tertiary/aromatic N) is 2. The molecule has 1 unspecified atom stereocenters. The summed E-state index contributed by atoms with van der Waals surface area (Å²) < 4.78 is 6.10. The fraction of sp³-hybridized carbons (Fsp3) is 0.240. The average Bonchev–Trinajstić information content (AvgIpc) is 2.80. The molecule has 0 aromatic heterocycles. The van der Waals surface area contributed by atoms with E-state index in [1.54, 1.807) is 12.1 Å². The van der Waals surface area contributed by atoms with Crippen LogP contribution in [-0.4, -0.2) is 41.5 Å². The van der Waals surface area contributed by atoms with Crippen LogP contribution >= 0.6 is 0 Å². The molecule has 4 N–H and O–H groups in total. The van der Waals surface area contributed by atoms with Gasteiger partial charge in [0.2, 0.25) is 0 Å². The maximum Gasteiger partial charge on any atom is 0.128 e. The molecule has 2 aliphatic heterocycles. The maximum atomic E-state index is 10.5. The van der Waals surface area contributed by atoms with Crippen LogP contribution in [0.5, 0.6) is 17.2 Å². The molecule has 0 aliphatic carbocycles. The van der Waals surface area contributed by atoms with E-state index in [0.717, 1.165) is 42.5 Å². The van der Waals surface area contributed by atoms with Gasteiger partial charge in [-0.2, -0.15) is 0 Å². The molecule has 3 aromatic carbocycles. The SMILES string of the molecule is NC1=NC(c2cc(Oc3ccc4ccccc4c3)ccc2O)=CN(C2CCCNC2)C1. The van der Waals surface area contributed by atoms with Gasteiger partial charge >= 0.3 is 0 Å². The van der Waals surface area contributed by atoms with Crippen molar-refractivity contribution in [3.63, 3.8) is 0 Å². The minimum Gasteiger partial charge on any atom is -0.507 e. The summed E-state index contributed by atoms with van der Waals surface area (Å²) in [4.78, 5) is 6.75. The Kier molecular flexibility index (Phi) is 5.22. The number of fused-ring (bicyclic) bond motifs is 1. The first kappa shape index (κ1) is 19.5. The number of hydrogen-bond acceptors (Lipinski definition) is 6. The molecule has 1 saturated heterocycles. The lowest BCUT2D eigenvalue weighted by Crippen LogP contribution is -2.47. The molecule has 2 aliphatic rings. The quantitative estimate of drug-likeness (QED) is 0.600. The molecule has 0 saturated carbocycles. The van der Waals surface area contributed by atoms with Crippen LogP contribution in [0.3, 0.4) is 0 Å². The summed E-state index contributed by atoms with van der Waals surface area (Å²) in [6.45, 7) is 2.58. The Balaban J connectivity index is 1.43. The molecule has 0 spiro atoms. The van der Waals surface area contributed by atoms with E-state index >= 15 is 0 Å². The monoisotopic (exact) mass is 414 g/mol. The highest BCUT2D eigenvalue weighted by atomic mass is 16.5. The summed E-state index contributed by atoms with van der Waals surface area (Å²) >= 11 is 0. The van der Waals surface area contributed by atoms with Crippen LogP contribution in [0.4, 0.5) is 0 Å². The van der Waals surface area contributed by atoms with Crippen molar-refractivity contribution in [2.45, 2.75) is 18.9 Å². The minimum absolute atomic E-state index is 0.150. The van der Waals surface area contributed by atoms with Crippen LogP contribution < -0.4 is 15.8 Å². The molecule has 6 nitrogen and oxygen atoms in total. The highest BCUT2D eigenvalue weighted by Gasteiger charge is 2.23.